The van der Waals surface area contributed by atoms with Crippen LogP contribution in [0, 0.1) is 6.92 Å². The maximum atomic E-state index is 12.5. The van der Waals surface area contributed by atoms with Crippen LogP contribution in [0.1, 0.15) is 48.7 Å². The molecule has 0 amide bonds. The summed E-state index contributed by atoms with van der Waals surface area (Å²) in [7, 11) is 0. The highest BCUT2D eigenvalue weighted by atomic mass is 35.5. The van der Waals surface area contributed by atoms with Crippen LogP contribution in [0.5, 0.6) is 5.75 Å². The molecular formula is C20H21ClO4. The average molecular weight is 361 g/mol. The first kappa shape index (κ1) is 19.0. The maximum Gasteiger partial charge on any atom is 0.308 e. The molecule has 0 aromatic heterocycles. The molecule has 0 bridgehead atoms. The van der Waals surface area contributed by atoms with Crippen LogP contribution in [0.3, 0.4) is 0 Å². The van der Waals surface area contributed by atoms with Crippen LogP contribution in [-0.4, -0.2) is 17.5 Å². The van der Waals surface area contributed by atoms with Gasteiger partial charge in [0.2, 0.25) is 5.79 Å². The zero-order chi connectivity index (χ0) is 18.6. The number of ketones is 1. The van der Waals surface area contributed by atoms with Gasteiger partial charge in [-0.05, 0) is 55.0 Å². The molecule has 0 aliphatic carbocycles. The van der Waals surface area contributed by atoms with Crippen molar-refractivity contribution in [3.05, 3.63) is 64.2 Å². The topological polar surface area (TPSA) is 52.6 Å². The van der Waals surface area contributed by atoms with Gasteiger partial charge >= 0.3 is 5.97 Å². The lowest BCUT2D eigenvalue weighted by Gasteiger charge is -2.27. The second kappa shape index (κ2) is 7.70. The Morgan fingerprint density at radius 2 is 1.64 bits per heavy atom. The van der Waals surface area contributed by atoms with Crippen LogP contribution in [0.15, 0.2) is 42.5 Å². The van der Waals surface area contributed by atoms with E-state index in [-0.39, 0.29) is 18.2 Å². The van der Waals surface area contributed by atoms with Gasteiger partial charge < -0.3 is 9.47 Å². The third-order valence-electron chi connectivity index (χ3n) is 3.55. The van der Waals surface area contributed by atoms with Gasteiger partial charge in [0, 0.05) is 36.4 Å². The molecule has 5 heteroatoms. The second-order valence-corrected chi connectivity index (χ2v) is 6.58. The van der Waals surface area contributed by atoms with Crippen LogP contribution >= 0.6 is 11.6 Å². The molecule has 2 aromatic carbocycles. The average Bonchev–Trinajstić information content (AvgIpc) is 2.56. The lowest BCUT2D eigenvalue weighted by molar-refractivity contribution is -0.186. The van der Waals surface area contributed by atoms with Crippen molar-refractivity contribution in [2.75, 3.05) is 0 Å². The van der Waals surface area contributed by atoms with Crippen LogP contribution in [0.25, 0.3) is 0 Å². The molecule has 2 rings (SSSR count). The minimum atomic E-state index is -1.08. The molecule has 0 heterocycles. The highest BCUT2D eigenvalue weighted by Crippen LogP contribution is 2.26. The highest BCUT2D eigenvalue weighted by Gasteiger charge is 2.25. The number of carbonyl (C=O) groups is 2. The number of hydrogen-bond acceptors (Lipinski definition) is 4. The van der Waals surface area contributed by atoms with E-state index in [1.165, 1.54) is 0 Å². The lowest BCUT2D eigenvalue weighted by atomic mass is 10.0. The molecule has 0 saturated heterocycles. The molecule has 0 N–H and O–H groups in total. The van der Waals surface area contributed by atoms with Crippen molar-refractivity contribution in [3.8, 4) is 5.75 Å². The van der Waals surface area contributed by atoms with E-state index in [4.69, 9.17) is 21.1 Å². The fourth-order valence-electron chi connectivity index (χ4n) is 2.31. The van der Waals surface area contributed by atoms with E-state index in [1.807, 2.05) is 6.92 Å². The summed E-state index contributed by atoms with van der Waals surface area (Å²) in [6.07, 6.45) is 0.278. The number of carbonyl (C=O) groups excluding carboxylic acids is 2. The SMILES string of the molecule is CCC(=O)OC(C)(C)Oc1ccc(C(=O)c2ccc(Cl)cc2)cc1C. The smallest absolute Gasteiger partial charge is 0.308 e. The summed E-state index contributed by atoms with van der Waals surface area (Å²) in [5.74, 6) is -0.957. The third-order valence-corrected chi connectivity index (χ3v) is 3.80. The van der Waals surface area contributed by atoms with E-state index >= 15 is 0 Å². The van der Waals surface area contributed by atoms with Gasteiger partial charge in [-0.15, -0.1) is 0 Å². The number of halogens is 1. The summed E-state index contributed by atoms with van der Waals surface area (Å²) in [5, 5.41) is 0.584. The van der Waals surface area contributed by atoms with Crippen LogP contribution in [-0.2, 0) is 9.53 Å². The normalized spacial score (nSPS) is 11.1. The van der Waals surface area contributed by atoms with Crippen molar-refractivity contribution in [1.29, 1.82) is 0 Å². The maximum absolute atomic E-state index is 12.5. The molecule has 0 aliphatic rings. The molecule has 0 saturated carbocycles. The predicted molar refractivity (Wildman–Crippen MR) is 97.2 cm³/mol. The first-order valence-corrected chi connectivity index (χ1v) is 8.41. The molecule has 0 spiro atoms. The van der Waals surface area contributed by atoms with E-state index in [0.29, 0.717) is 21.9 Å². The molecule has 4 nitrogen and oxygen atoms in total. The third kappa shape index (κ3) is 5.07. The summed E-state index contributed by atoms with van der Waals surface area (Å²) in [5.41, 5.74) is 1.89. The lowest BCUT2D eigenvalue weighted by Crippen LogP contribution is -2.34. The number of rotatable bonds is 6. The predicted octanol–water partition coefficient (Wildman–Crippen LogP) is 4.95. The highest BCUT2D eigenvalue weighted by molar-refractivity contribution is 6.30. The molecule has 25 heavy (non-hydrogen) atoms. The Morgan fingerprint density at radius 3 is 2.20 bits per heavy atom. The first-order valence-electron chi connectivity index (χ1n) is 8.03. The Labute approximate surface area is 152 Å². The molecular weight excluding hydrogens is 340 g/mol. The summed E-state index contributed by atoms with van der Waals surface area (Å²) in [6, 6.07) is 11.9. The minimum absolute atomic E-state index is 0.0945. The molecule has 132 valence electrons. The largest absolute Gasteiger partial charge is 0.453 e. The van der Waals surface area contributed by atoms with Gasteiger partial charge in [-0.25, -0.2) is 0 Å². The number of hydrogen-bond donors (Lipinski definition) is 0. The minimum Gasteiger partial charge on any atom is -0.453 e. The van der Waals surface area contributed by atoms with Crippen molar-refractivity contribution in [2.45, 2.75) is 39.9 Å². The first-order chi connectivity index (χ1) is 11.7. The van der Waals surface area contributed by atoms with Gasteiger partial charge in [0.1, 0.15) is 5.75 Å². The van der Waals surface area contributed by atoms with Gasteiger partial charge in [0.15, 0.2) is 5.78 Å². The Morgan fingerprint density at radius 1 is 1.04 bits per heavy atom. The number of ether oxygens (including phenoxy) is 2. The van der Waals surface area contributed by atoms with E-state index in [1.54, 1.807) is 63.2 Å². The fraction of sp³-hybridized carbons (Fsp3) is 0.300. The van der Waals surface area contributed by atoms with Gasteiger partial charge in [0.25, 0.3) is 0 Å². The monoisotopic (exact) mass is 360 g/mol. The molecule has 0 unspecified atom stereocenters. The number of esters is 1. The van der Waals surface area contributed by atoms with E-state index in [9.17, 15) is 9.59 Å². The molecule has 0 radical (unpaired) electrons. The second-order valence-electron chi connectivity index (χ2n) is 6.15. The number of benzene rings is 2. The molecule has 0 aliphatic heterocycles. The summed E-state index contributed by atoms with van der Waals surface area (Å²) in [6.45, 7) is 6.91. The Hall–Kier alpha value is -2.33. The van der Waals surface area contributed by atoms with Crippen LogP contribution in [0.4, 0.5) is 0 Å². The Kier molecular flexibility index (Phi) is 5.85. The Balaban J connectivity index is 2.19. The van der Waals surface area contributed by atoms with Crippen LogP contribution in [0.2, 0.25) is 5.02 Å². The van der Waals surface area contributed by atoms with Crippen molar-refractivity contribution in [2.24, 2.45) is 0 Å². The van der Waals surface area contributed by atoms with Crippen molar-refractivity contribution in [1.82, 2.24) is 0 Å². The summed E-state index contributed by atoms with van der Waals surface area (Å²) < 4.78 is 11.1. The molecule has 0 atom stereocenters. The van der Waals surface area contributed by atoms with Crippen molar-refractivity contribution < 1.29 is 19.1 Å². The standard InChI is InChI=1S/C20H21ClO4/c1-5-18(22)25-20(3,4)24-17-11-8-15(12-13(17)2)19(23)14-6-9-16(21)10-7-14/h6-12H,5H2,1-4H3. The Bertz CT molecular complexity index is 779. The van der Waals surface area contributed by atoms with Crippen molar-refractivity contribution in [3.63, 3.8) is 0 Å². The van der Waals surface area contributed by atoms with Gasteiger partial charge in [-0.3, -0.25) is 9.59 Å². The molecule has 0 fully saturated rings. The van der Waals surface area contributed by atoms with E-state index in [2.05, 4.69) is 0 Å². The van der Waals surface area contributed by atoms with Crippen molar-refractivity contribution >= 4 is 23.4 Å². The zero-order valence-electron chi connectivity index (χ0n) is 14.8. The summed E-state index contributed by atoms with van der Waals surface area (Å²) in [4.78, 5) is 24.0. The van der Waals surface area contributed by atoms with E-state index in [0.717, 1.165) is 5.56 Å². The fourth-order valence-corrected chi connectivity index (χ4v) is 2.43. The number of aryl methyl sites for hydroxylation is 1. The van der Waals surface area contributed by atoms with Gasteiger partial charge in [-0.2, -0.15) is 0 Å². The zero-order valence-corrected chi connectivity index (χ0v) is 15.5. The van der Waals surface area contributed by atoms with Gasteiger partial charge in [0.05, 0.1) is 0 Å². The molecule has 2 aromatic rings. The van der Waals surface area contributed by atoms with Crippen LogP contribution < -0.4 is 4.74 Å². The van der Waals surface area contributed by atoms with Gasteiger partial charge in [-0.1, -0.05) is 18.5 Å². The quantitative estimate of drug-likeness (QED) is 0.415. The van der Waals surface area contributed by atoms with E-state index < -0.39 is 5.79 Å². The summed E-state index contributed by atoms with van der Waals surface area (Å²) >= 11 is 5.85.